The first-order chi connectivity index (χ1) is 12.1. The minimum absolute atomic E-state index is 0.263. The monoisotopic (exact) mass is 383 g/mol. The van der Waals surface area contributed by atoms with Crippen molar-refractivity contribution in [3.8, 4) is 0 Å². The van der Waals surface area contributed by atoms with Gasteiger partial charge in [-0.15, -0.1) is 0 Å². The zero-order valence-corrected chi connectivity index (χ0v) is 16.8. The number of ether oxygens (including phenoxy) is 2. The van der Waals surface area contributed by atoms with Gasteiger partial charge in [0, 0.05) is 19.3 Å². The molecule has 0 N–H and O–H groups in total. The van der Waals surface area contributed by atoms with Gasteiger partial charge in [-0.05, 0) is 50.7 Å². The van der Waals surface area contributed by atoms with Gasteiger partial charge in [0.25, 0.3) is 0 Å². The minimum Gasteiger partial charge on any atom is -0.444 e. The van der Waals surface area contributed by atoms with Crippen molar-refractivity contribution in [2.45, 2.75) is 51.7 Å². The summed E-state index contributed by atoms with van der Waals surface area (Å²) >= 11 is 0. The molecule has 0 aliphatic carbocycles. The quantitative estimate of drug-likeness (QED) is 0.780. The van der Waals surface area contributed by atoms with Crippen LogP contribution >= 0.6 is 0 Å². The second-order valence-corrected chi connectivity index (χ2v) is 9.92. The molecule has 1 aromatic rings. The first kappa shape index (κ1) is 20.7. The normalized spacial score (nSPS) is 16.5. The van der Waals surface area contributed by atoms with Crippen LogP contribution in [-0.4, -0.2) is 50.3 Å². The van der Waals surface area contributed by atoms with Gasteiger partial charge < -0.3 is 14.4 Å². The van der Waals surface area contributed by atoms with Gasteiger partial charge in [-0.25, -0.2) is 13.2 Å². The summed E-state index contributed by atoms with van der Waals surface area (Å²) in [7, 11) is -3.14. The van der Waals surface area contributed by atoms with E-state index in [1.807, 2.05) is 39.0 Å². The molecule has 0 saturated carbocycles. The minimum atomic E-state index is -3.14. The zero-order chi connectivity index (χ0) is 19.4. The van der Waals surface area contributed by atoms with Crippen molar-refractivity contribution in [1.82, 2.24) is 4.90 Å². The fraction of sp³-hybridized carbons (Fsp3) is 0.632. The van der Waals surface area contributed by atoms with Crippen molar-refractivity contribution in [1.29, 1.82) is 0 Å². The van der Waals surface area contributed by atoms with Gasteiger partial charge >= 0.3 is 6.09 Å². The fourth-order valence-corrected chi connectivity index (χ4v) is 3.45. The summed E-state index contributed by atoms with van der Waals surface area (Å²) < 4.78 is 33.3. The molecule has 1 fully saturated rings. The summed E-state index contributed by atoms with van der Waals surface area (Å²) in [6.45, 7) is 7.17. The van der Waals surface area contributed by atoms with Crippen LogP contribution in [0, 0.1) is 0 Å². The molecule has 0 radical (unpaired) electrons. The van der Waals surface area contributed by atoms with Gasteiger partial charge in [-0.1, -0.05) is 24.3 Å². The second-order valence-electron chi connectivity index (χ2n) is 7.83. The predicted molar refractivity (Wildman–Crippen MR) is 101 cm³/mol. The van der Waals surface area contributed by atoms with Crippen molar-refractivity contribution in [2.24, 2.45) is 0 Å². The maximum Gasteiger partial charge on any atom is 0.410 e. The van der Waals surface area contributed by atoms with E-state index in [1.54, 1.807) is 4.90 Å². The van der Waals surface area contributed by atoms with E-state index in [0.717, 1.165) is 24.7 Å². The third-order valence-corrected chi connectivity index (χ3v) is 4.79. The molecule has 26 heavy (non-hydrogen) atoms. The van der Waals surface area contributed by atoms with E-state index in [1.165, 1.54) is 5.56 Å². The Kier molecular flexibility index (Phi) is 6.69. The summed E-state index contributed by atoms with van der Waals surface area (Å²) in [6, 6.07) is 7.94. The molecule has 0 aromatic heterocycles. The number of piperidine rings is 1. The number of rotatable bonds is 5. The number of nitrogens with zero attached hydrogens (tertiary/aromatic N) is 1. The summed E-state index contributed by atoms with van der Waals surface area (Å²) in [5, 5.41) is 0. The number of amides is 1. The maximum absolute atomic E-state index is 12.2. The Morgan fingerprint density at radius 3 is 2.38 bits per heavy atom. The molecule has 1 aliphatic rings. The van der Waals surface area contributed by atoms with E-state index in [4.69, 9.17) is 9.47 Å². The summed E-state index contributed by atoms with van der Waals surface area (Å²) in [5.74, 6) is 0.0463. The van der Waals surface area contributed by atoms with Crippen LogP contribution in [0.4, 0.5) is 4.79 Å². The van der Waals surface area contributed by atoms with Gasteiger partial charge in [0.2, 0.25) is 0 Å². The third kappa shape index (κ3) is 6.61. The largest absolute Gasteiger partial charge is 0.444 e. The standard InChI is InChI=1S/C19H29NO5S/c1-19(2,3)25-18(21)20-11-9-15(10-12-20)17-8-6-5-7-16(17)13-24-14-26(4,22)23/h5-8,15H,9-14H2,1-4H3. The first-order valence-electron chi connectivity index (χ1n) is 8.86. The van der Waals surface area contributed by atoms with Crippen molar-refractivity contribution in [3.63, 3.8) is 0 Å². The van der Waals surface area contributed by atoms with Crippen LogP contribution in [-0.2, 0) is 25.9 Å². The summed E-state index contributed by atoms with van der Waals surface area (Å²) in [5.41, 5.74) is 1.69. The highest BCUT2D eigenvalue weighted by molar-refractivity contribution is 7.90. The lowest BCUT2D eigenvalue weighted by Crippen LogP contribution is -2.41. The fourth-order valence-electron chi connectivity index (χ4n) is 3.07. The Morgan fingerprint density at radius 1 is 1.19 bits per heavy atom. The molecule has 1 saturated heterocycles. The van der Waals surface area contributed by atoms with Gasteiger partial charge in [-0.2, -0.15) is 0 Å². The van der Waals surface area contributed by atoms with Crippen LogP contribution in [0.15, 0.2) is 24.3 Å². The molecular formula is C19H29NO5S. The topological polar surface area (TPSA) is 72.9 Å². The first-order valence-corrected chi connectivity index (χ1v) is 10.9. The van der Waals surface area contributed by atoms with Crippen LogP contribution < -0.4 is 0 Å². The maximum atomic E-state index is 12.2. The Hall–Kier alpha value is -1.60. The van der Waals surface area contributed by atoms with Crippen LogP contribution in [0.1, 0.15) is 50.7 Å². The molecule has 146 valence electrons. The molecular weight excluding hydrogens is 354 g/mol. The van der Waals surface area contributed by atoms with Crippen LogP contribution in [0.2, 0.25) is 0 Å². The lowest BCUT2D eigenvalue weighted by Gasteiger charge is -2.34. The number of benzene rings is 1. The molecule has 0 unspecified atom stereocenters. The highest BCUT2D eigenvalue weighted by Crippen LogP contribution is 2.31. The molecule has 0 atom stereocenters. The predicted octanol–water partition coefficient (Wildman–Crippen LogP) is 3.32. The lowest BCUT2D eigenvalue weighted by atomic mass is 9.87. The van der Waals surface area contributed by atoms with Gasteiger partial charge in [0.1, 0.15) is 11.5 Å². The number of carbonyl (C=O) groups excluding carboxylic acids is 1. The van der Waals surface area contributed by atoms with Gasteiger partial charge in [0.05, 0.1) is 6.61 Å². The molecule has 1 amide bonds. The molecule has 1 aromatic carbocycles. The van der Waals surface area contributed by atoms with E-state index in [0.29, 0.717) is 19.0 Å². The van der Waals surface area contributed by atoms with E-state index in [9.17, 15) is 13.2 Å². The highest BCUT2D eigenvalue weighted by atomic mass is 32.2. The molecule has 2 rings (SSSR count). The molecule has 0 bridgehead atoms. The average molecular weight is 384 g/mol. The summed E-state index contributed by atoms with van der Waals surface area (Å²) in [4.78, 5) is 13.9. The SMILES string of the molecule is CC(C)(C)OC(=O)N1CCC(c2ccccc2COCS(C)(=O)=O)CC1. The van der Waals surface area contributed by atoms with E-state index < -0.39 is 15.4 Å². The van der Waals surface area contributed by atoms with Gasteiger partial charge in [0.15, 0.2) is 9.84 Å². The smallest absolute Gasteiger partial charge is 0.410 e. The second kappa shape index (κ2) is 8.39. The van der Waals surface area contributed by atoms with Crippen LogP contribution in [0.3, 0.4) is 0 Å². The molecule has 0 spiro atoms. The highest BCUT2D eigenvalue weighted by Gasteiger charge is 2.28. The van der Waals surface area contributed by atoms with Crippen molar-refractivity contribution < 1.29 is 22.7 Å². The Bertz CT molecular complexity index is 716. The average Bonchev–Trinajstić information content (AvgIpc) is 2.53. The Morgan fingerprint density at radius 2 is 1.81 bits per heavy atom. The van der Waals surface area contributed by atoms with Crippen molar-refractivity contribution in [2.75, 3.05) is 25.3 Å². The molecule has 1 heterocycles. The number of sulfone groups is 1. The molecule has 1 aliphatic heterocycles. The number of carbonyl (C=O) groups is 1. The van der Waals surface area contributed by atoms with E-state index >= 15 is 0 Å². The number of likely N-dealkylation sites (tertiary alicyclic amines) is 1. The third-order valence-electron chi connectivity index (χ3n) is 4.20. The Balaban J connectivity index is 1.96. The van der Waals surface area contributed by atoms with Crippen molar-refractivity contribution in [3.05, 3.63) is 35.4 Å². The molecule has 7 heteroatoms. The van der Waals surface area contributed by atoms with E-state index in [2.05, 4.69) is 6.07 Å². The zero-order valence-electron chi connectivity index (χ0n) is 16.0. The molecule has 6 nitrogen and oxygen atoms in total. The Labute approximate surface area is 156 Å². The van der Waals surface area contributed by atoms with Crippen LogP contribution in [0.25, 0.3) is 0 Å². The number of hydrogen-bond donors (Lipinski definition) is 0. The van der Waals surface area contributed by atoms with E-state index in [-0.39, 0.29) is 18.6 Å². The van der Waals surface area contributed by atoms with Crippen molar-refractivity contribution >= 4 is 15.9 Å². The number of hydrogen-bond acceptors (Lipinski definition) is 5. The lowest BCUT2D eigenvalue weighted by molar-refractivity contribution is 0.0204. The summed E-state index contributed by atoms with van der Waals surface area (Å²) in [6.07, 6.45) is 2.59. The van der Waals surface area contributed by atoms with Crippen LogP contribution in [0.5, 0.6) is 0 Å². The van der Waals surface area contributed by atoms with Gasteiger partial charge in [-0.3, -0.25) is 0 Å².